The topological polar surface area (TPSA) is 93.4 Å². The van der Waals surface area contributed by atoms with Crippen molar-refractivity contribution in [2.24, 2.45) is 7.05 Å². The molecular weight excluding hydrogens is 472 g/mol. The normalized spacial score (nSPS) is 21.8. The summed E-state index contributed by atoms with van der Waals surface area (Å²) in [6.07, 6.45) is -2.40. The van der Waals surface area contributed by atoms with Crippen LogP contribution in [0.25, 0.3) is 32.6 Å². The average Bonchev–Trinajstić information content (AvgIpc) is 2.89. The predicted octanol–water partition coefficient (Wildman–Crippen LogP) is 3.12. The number of pyridine rings is 1. The van der Waals surface area contributed by atoms with Crippen molar-refractivity contribution in [1.29, 1.82) is 0 Å². The average molecular weight is 505 g/mol. The molecule has 2 N–H and O–H groups in total. The molecule has 6 rings (SSSR count). The predicted molar refractivity (Wildman–Crippen MR) is 143 cm³/mol. The number of aryl methyl sites for hydroxylation is 1. The minimum absolute atomic E-state index is 0.176. The summed E-state index contributed by atoms with van der Waals surface area (Å²) in [5.41, 5.74) is 0.447. The molecule has 0 amide bonds. The molecule has 3 aromatic carbocycles. The Labute approximate surface area is 214 Å². The van der Waals surface area contributed by atoms with Gasteiger partial charge in [0, 0.05) is 38.1 Å². The van der Waals surface area contributed by atoms with Crippen LogP contribution in [-0.4, -0.2) is 70.8 Å². The first-order valence-corrected chi connectivity index (χ1v) is 12.8. The van der Waals surface area contributed by atoms with E-state index in [0.29, 0.717) is 59.7 Å². The molecule has 2 aliphatic heterocycles. The van der Waals surface area contributed by atoms with E-state index < -0.39 is 17.8 Å². The zero-order chi connectivity index (χ0) is 25.9. The Morgan fingerprint density at radius 1 is 1.08 bits per heavy atom. The van der Waals surface area contributed by atoms with E-state index in [4.69, 9.17) is 14.2 Å². The molecule has 0 spiro atoms. The van der Waals surface area contributed by atoms with Gasteiger partial charge in [0.25, 0.3) is 0 Å². The summed E-state index contributed by atoms with van der Waals surface area (Å²) in [6.45, 7) is 7.65. The molecule has 0 radical (unpaired) electrons. The van der Waals surface area contributed by atoms with Crippen LogP contribution in [0.1, 0.15) is 25.5 Å². The van der Waals surface area contributed by atoms with Crippen LogP contribution in [0, 0.1) is 0 Å². The van der Waals surface area contributed by atoms with Crippen molar-refractivity contribution in [3.05, 3.63) is 58.3 Å². The van der Waals surface area contributed by atoms with Gasteiger partial charge in [-0.05, 0) is 36.8 Å². The number of fused-ring (bicyclic) bond motifs is 5. The van der Waals surface area contributed by atoms with Crippen LogP contribution in [0.2, 0.25) is 0 Å². The van der Waals surface area contributed by atoms with Gasteiger partial charge < -0.3 is 29.0 Å². The molecule has 1 aromatic heterocycles. The third-order valence-corrected chi connectivity index (χ3v) is 7.75. The Morgan fingerprint density at radius 3 is 2.51 bits per heavy atom. The molecule has 8 heteroatoms. The van der Waals surface area contributed by atoms with Gasteiger partial charge in [-0.15, -0.1) is 0 Å². The zero-order valence-electron chi connectivity index (χ0n) is 21.4. The Kier molecular flexibility index (Phi) is 5.88. The number of aliphatic hydroxyl groups excluding tert-OH is 2. The number of aliphatic hydroxyl groups is 2. The van der Waals surface area contributed by atoms with Gasteiger partial charge in [0.05, 0.1) is 35.2 Å². The molecule has 2 aliphatic rings. The lowest BCUT2D eigenvalue weighted by Crippen LogP contribution is -2.49. The molecule has 1 fully saturated rings. The lowest BCUT2D eigenvalue weighted by atomic mass is 9.86. The maximum atomic E-state index is 14.1. The van der Waals surface area contributed by atoms with Crippen molar-refractivity contribution >= 4 is 32.6 Å². The van der Waals surface area contributed by atoms with Crippen molar-refractivity contribution < 1.29 is 24.4 Å². The van der Waals surface area contributed by atoms with Crippen LogP contribution in [0.4, 0.5) is 0 Å². The van der Waals surface area contributed by atoms with Crippen molar-refractivity contribution in [3.63, 3.8) is 0 Å². The second-order valence-electron chi connectivity index (χ2n) is 10.5. The number of hydrogen-bond donors (Lipinski definition) is 2. The van der Waals surface area contributed by atoms with E-state index in [1.165, 1.54) is 0 Å². The maximum Gasteiger partial charge on any atom is 0.201 e. The van der Waals surface area contributed by atoms with E-state index in [0.717, 1.165) is 29.4 Å². The SMILES string of the molecule is Cn1c2cc3ccccc3cc2c(=O)c2c(OCCN3CCOCC3)cc3c(c21)[C@H](O)[C@H](O)C(C)(C)O3. The van der Waals surface area contributed by atoms with Gasteiger partial charge in [0.1, 0.15) is 35.9 Å². The smallest absolute Gasteiger partial charge is 0.201 e. The fourth-order valence-electron chi connectivity index (χ4n) is 5.62. The first kappa shape index (κ1) is 24.2. The first-order valence-electron chi connectivity index (χ1n) is 12.8. The number of rotatable bonds is 4. The maximum absolute atomic E-state index is 14.1. The summed E-state index contributed by atoms with van der Waals surface area (Å²) in [5.74, 6) is 0.823. The molecule has 8 nitrogen and oxygen atoms in total. The van der Waals surface area contributed by atoms with Gasteiger partial charge in [-0.25, -0.2) is 0 Å². The Bertz CT molecular complexity index is 1570. The lowest BCUT2D eigenvalue weighted by molar-refractivity contribution is -0.111. The largest absolute Gasteiger partial charge is 0.491 e. The summed E-state index contributed by atoms with van der Waals surface area (Å²) in [4.78, 5) is 16.3. The van der Waals surface area contributed by atoms with Crippen molar-refractivity contribution in [2.45, 2.75) is 31.7 Å². The van der Waals surface area contributed by atoms with Gasteiger partial charge in [-0.2, -0.15) is 0 Å². The monoisotopic (exact) mass is 504 g/mol. The van der Waals surface area contributed by atoms with Gasteiger partial charge in [0.15, 0.2) is 0 Å². The summed E-state index contributed by atoms with van der Waals surface area (Å²) in [6, 6.07) is 13.5. The van der Waals surface area contributed by atoms with Gasteiger partial charge in [-0.3, -0.25) is 9.69 Å². The van der Waals surface area contributed by atoms with Gasteiger partial charge in [-0.1, -0.05) is 24.3 Å². The quantitative estimate of drug-likeness (QED) is 0.413. The molecule has 0 aliphatic carbocycles. The van der Waals surface area contributed by atoms with Gasteiger partial charge in [0.2, 0.25) is 5.43 Å². The molecular formula is C29H32N2O6. The molecule has 37 heavy (non-hydrogen) atoms. The molecule has 3 heterocycles. The minimum atomic E-state index is -1.23. The molecule has 194 valence electrons. The third kappa shape index (κ3) is 3.95. The van der Waals surface area contributed by atoms with Crippen molar-refractivity contribution in [3.8, 4) is 11.5 Å². The second-order valence-corrected chi connectivity index (χ2v) is 10.5. The van der Waals surface area contributed by atoms with Crippen LogP contribution in [-0.2, 0) is 11.8 Å². The summed E-state index contributed by atoms with van der Waals surface area (Å²) >= 11 is 0. The van der Waals surface area contributed by atoms with E-state index in [2.05, 4.69) is 4.90 Å². The van der Waals surface area contributed by atoms with E-state index in [9.17, 15) is 15.0 Å². The molecule has 0 saturated carbocycles. The first-order chi connectivity index (χ1) is 17.8. The molecule has 0 unspecified atom stereocenters. The van der Waals surface area contributed by atoms with Crippen LogP contribution < -0.4 is 14.9 Å². The number of aromatic nitrogens is 1. The molecule has 1 saturated heterocycles. The highest BCUT2D eigenvalue weighted by Crippen LogP contribution is 2.46. The van der Waals surface area contributed by atoms with Crippen molar-refractivity contribution in [1.82, 2.24) is 9.47 Å². The second kappa shape index (κ2) is 8.99. The molecule has 4 aromatic rings. The third-order valence-electron chi connectivity index (χ3n) is 7.75. The highest BCUT2D eigenvalue weighted by atomic mass is 16.5. The van der Waals surface area contributed by atoms with Crippen LogP contribution in [0.5, 0.6) is 11.5 Å². The zero-order valence-corrected chi connectivity index (χ0v) is 21.4. The van der Waals surface area contributed by atoms with Crippen LogP contribution >= 0.6 is 0 Å². The Balaban J connectivity index is 1.58. The number of morpholine rings is 1. The Hall–Kier alpha value is -3.17. The minimum Gasteiger partial charge on any atom is -0.491 e. The fraction of sp³-hybridized carbons (Fsp3) is 0.414. The summed E-state index contributed by atoms with van der Waals surface area (Å²) in [5, 5.41) is 25.1. The number of hydrogen-bond acceptors (Lipinski definition) is 7. The standard InChI is InChI=1S/C29H32N2O6/c1-29(2)28(34)27(33)24-22(37-29)16-21(36-13-10-31-8-11-35-12-9-31)23-25(24)30(3)20-15-18-7-5-4-6-17(18)14-19(20)26(23)32/h4-7,14-16,27-28,33-34H,8-13H2,1-3H3/t27-,28-/m0/s1. The van der Waals surface area contributed by atoms with E-state index >= 15 is 0 Å². The van der Waals surface area contributed by atoms with E-state index in [1.54, 1.807) is 19.9 Å². The van der Waals surface area contributed by atoms with Crippen molar-refractivity contribution in [2.75, 3.05) is 39.5 Å². The highest BCUT2D eigenvalue weighted by Gasteiger charge is 2.44. The summed E-state index contributed by atoms with van der Waals surface area (Å²) < 4.78 is 19.8. The highest BCUT2D eigenvalue weighted by molar-refractivity contribution is 6.04. The Morgan fingerprint density at radius 2 is 1.78 bits per heavy atom. The van der Waals surface area contributed by atoms with Gasteiger partial charge >= 0.3 is 0 Å². The number of nitrogens with zero attached hydrogens (tertiary/aromatic N) is 2. The molecule has 2 atom stereocenters. The summed E-state index contributed by atoms with van der Waals surface area (Å²) in [7, 11) is 1.87. The van der Waals surface area contributed by atoms with E-state index in [1.807, 2.05) is 48.0 Å². The van der Waals surface area contributed by atoms with Crippen LogP contribution in [0.15, 0.2) is 47.3 Å². The van der Waals surface area contributed by atoms with E-state index in [-0.39, 0.29) is 5.43 Å². The molecule has 0 bridgehead atoms. The fourth-order valence-corrected chi connectivity index (χ4v) is 5.62. The number of ether oxygens (including phenoxy) is 3. The lowest BCUT2D eigenvalue weighted by Gasteiger charge is -2.40. The number of benzene rings is 3. The van der Waals surface area contributed by atoms with Crippen LogP contribution in [0.3, 0.4) is 0 Å².